The predicted molar refractivity (Wildman–Crippen MR) is 68.6 cm³/mol. The Hall–Kier alpha value is -0.860. The lowest BCUT2D eigenvalue weighted by atomic mass is 10.0. The summed E-state index contributed by atoms with van der Waals surface area (Å²) in [6, 6.07) is 8.76. The first-order valence-corrected chi connectivity index (χ1v) is 6.90. The molecule has 2 aliphatic rings. The van der Waals surface area contributed by atoms with Crippen molar-refractivity contribution in [1.82, 2.24) is 5.48 Å². The molecule has 2 nitrogen and oxygen atoms in total. The van der Waals surface area contributed by atoms with Gasteiger partial charge in [0.05, 0.1) is 6.10 Å². The van der Waals surface area contributed by atoms with Crippen LogP contribution in [0, 0.1) is 0 Å². The van der Waals surface area contributed by atoms with Gasteiger partial charge in [0.15, 0.2) is 0 Å². The van der Waals surface area contributed by atoms with Gasteiger partial charge < -0.3 is 0 Å². The van der Waals surface area contributed by atoms with Crippen molar-refractivity contribution in [2.24, 2.45) is 0 Å². The van der Waals surface area contributed by atoms with Gasteiger partial charge in [-0.3, -0.25) is 4.84 Å². The Kier molecular flexibility index (Phi) is 3.44. The number of hydrogen-bond acceptors (Lipinski definition) is 2. The molecule has 0 heterocycles. The van der Waals surface area contributed by atoms with Crippen LogP contribution in [0.15, 0.2) is 24.3 Å². The zero-order valence-electron chi connectivity index (χ0n) is 10.3. The van der Waals surface area contributed by atoms with Gasteiger partial charge in [0, 0.05) is 6.54 Å². The van der Waals surface area contributed by atoms with Crippen molar-refractivity contribution in [1.29, 1.82) is 0 Å². The second-order valence-corrected chi connectivity index (χ2v) is 5.32. The summed E-state index contributed by atoms with van der Waals surface area (Å²) in [5.41, 5.74) is 6.10. The fraction of sp³-hybridized carbons (Fsp3) is 0.600. The molecule has 2 saturated carbocycles. The predicted octanol–water partition coefficient (Wildman–Crippen LogP) is 3.53. The highest BCUT2D eigenvalue weighted by Gasteiger charge is 2.25. The van der Waals surface area contributed by atoms with Gasteiger partial charge in [0.25, 0.3) is 0 Å². The van der Waals surface area contributed by atoms with Gasteiger partial charge in [0.1, 0.15) is 0 Å². The van der Waals surface area contributed by atoms with Crippen molar-refractivity contribution in [2.75, 3.05) is 0 Å². The molecular formula is C15H21NO. The van der Waals surface area contributed by atoms with E-state index in [1.807, 2.05) is 0 Å². The maximum Gasteiger partial charge on any atom is 0.0790 e. The van der Waals surface area contributed by atoms with Gasteiger partial charge in [-0.15, -0.1) is 0 Å². The molecule has 1 N–H and O–H groups in total. The number of hydrogen-bond donors (Lipinski definition) is 1. The average Bonchev–Trinajstić information content (AvgIpc) is 3.08. The van der Waals surface area contributed by atoms with Crippen LogP contribution in [0.2, 0.25) is 0 Å². The Bertz CT molecular complexity index is 367. The molecule has 2 aliphatic carbocycles. The molecule has 1 aromatic carbocycles. The molecule has 3 rings (SSSR count). The lowest BCUT2D eigenvalue weighted by Gasteiger charge is -2.13. The average molecular weight is 231 g/mol. The smallest absolute Gasteiger partial charge is 0.0790 e. The third-order valence-electron chi connectivity index (χ3n) is 3.89. The Balaban J connectivity index is 1.53. The van der Waals surface area contributed by atoms with Crippen LogP contribution in [-0.2, 0) is 11.4 Å². The molecule has 0 radical (unpaired) electrons. The molecule has 0 amide bonds. The summed E-state index contributed by atoms with van der Waals surface area (Å²) in [5.74, 6) is 0.819. The van der Waals surface area contributed by atoms with Gasteiger partial charge in [-0.2, -0.15) is 5.48 Å². The van der Waals surface area contributed by atoms with Crippen LogP contribution in [0.25, 0.3) is 0 Å². The van der Waals surface area contributed by atoms with Crippen molar-refractivity contribution in [2.45, 2.75) is 57.1 Å². The van der Waals surface area contributed by atoms with Crippen molar-refractivity contribution >= 4 is 0 Å². The molecule has 1 aromatic rings. The van der Waals surface area contributed by atoms with Crippen molar-refractivity contribution in [3.05, 3.63) is 35.4 Å². The van der Waals surface area contributed by atoms with Gasteiger partial charge in [-0.1, -0.05) is 37.1 Å². The van der Waals surface area contributed by atoms with Crippen LogP contribution in [0.4, 0.5) is 0 Å². The molecular weight excluding hydrogens is 210 g/mol. The standard InChI is InChI=1S/C15H21NO/c1-4-8-15(12-9-10-12)13(5-1)11-16-17-14-6-2-3-7-14/h1,4-5,8,12,14,16H,2-3,6-7,9-11H2. The molecule has 0 bridgehead atoms. The summed E-state index contributed by atoms with van der Waals surface area (Å²) in [7, 11) is 0. The minimum absolute atomic E-state index is 0.447. The second kappa shape index (κ2) is 5.19. The van der Waals surface area contributed by atoms with Gasteiger partial charge in [-0.05, 0) is 42.7 Å². The first-order valence-electron chi connectivity index (χ1n) is 6.90. The number of benzene rings is 1. The molecule has 0 aromatic heterocycles. The summed E-state index contributed by atoms with van der Waals surface area (Å²) >= 11 is 0. The third kappa shape index (κ3) is 2.88. The topological polar surface area (TPSA) is 21.3 Å². The maximum atomic E-state index is 5.71. The van der Waals surface area contributed by atoms with Gasteiger partial charge in [0.2, 0.25) is 0 Å². The quantitative estimate of drug-likeness (QED) is 0.783. The molecule has 2 fully saturated rings. The lowest BCUT2D eigenvalue weighted by Crippen LogP contribution is -2.21. The van der Waals surface area contributed by atoms with Crippen LogP contribution in [0.1, 0.15) is 55.6 Å². The highest BCUT2D eigenvalue weighted by atomic mass is 16.7. The van der Waals surface area contributed by atoms with Gasteiger partial charge >= 0.3 is 0 Å². The first-order chi connectivity index (χ1) is 8.43. The molecule has 0 saturated heterocycles. The van der Waals surface area contributed by atoms with Crippen LogP contribution in [0.5, 0.6) is 0 Å². The fourth-order valence-electron chi connectivity index (χ4n) is 2.73. The Morgan fingerprint density at radius 1 is 1.06 bits per heavy atom. The van der Waals surface area contributed by atoms with E-state index in [2.05, 4.69) is 29.7 Å². The van der Waals surface area contributed by atoms with E-state index in [9.17, 15) is 0 Å². The largest absolute Gasteiger partial charge is 0.298 e. The molecule has 0 spiro atoms. The molecule has 0 unspecified atom stereocenters. The monoisotopic (exact) mass is 231 g/mol. The van der Waals surface area contributed by atoms with Crippen LogP contribution in [0.3, 0.4) is 0 Å². The van der Waals surface area contributed by atoms with E-state index in [1.165, 1.54) is 49.7 Å². The number of rotatable bonds is 5. The zero-order valence-corrected chi connectivity index (χ0v) is 10.3. The highest BCUT2D eigenvalue weighted by molar-refractivity contribution is 5.32. The van der Waals surface area contributed by atoms with Crippen LogP contribution >= 0.6 is 0 Å². The van der Waals surface area contributed by atoms with E-state index in [0.717, 1.165) is 12.5 Å². The summed E-state index contributed by atoms with van der Waals surface area (Å²) in [5, 5.41) is 0. The van der Waals surface area contributed by atoms with Crippen molar-refractivity contribution in [3.8, 4) is 0 Å². The maximum absolute atomic E-state index is 5.71. The van der Waals surface area contributed by atoms with E-state index < -0.39 is 0 Å². The van der Waals surface area contributed by atoms with E-state index in [-0.39, 0.29) is 0 Å². The van der Waals surface area contributed by atoms with E-state index in [4.69, 9.17) is 4.84 Å². The SMILES string of the molecule is c1ccc(C2CC2)c(CNOC2CCCC2)c1. The second-order valence-electron chi connectivity index (χ2n) is 5.32. The minimum atomic E-state index is 0.447. The normalized spacial score (nSPS) is 20.9. The van der Waals surface area contributed by atoms with Crippen molar-refractivity contribution < 1.29 is 4.84 Å². The Labute approximate surface area is 103 Å². The fourth-order valence-corrected chi connectivity index (χ4v) is 2.73. The highest BCUT2D eigenvalue weighted by Crippen LogP contribution is 2.41. The van der Waals surface area contributed by atoms with E-state index in [0.29, 0.717) is 6.10 Å². The van der Waals surface area contributed by atoms with Crippen LogP contribution in [-0.4, -0.2) is 6.10 Å². The Morgan fingerprint density at radius 2 is 1.82 bits per heavy atom. The Morgan fingerprint density at radius 3 is 2.59 bits per heavy atom. The van der Waals surface area contributed by atoms with Gasteiger partial charge in [-0.25, -0.2) is 0 Å². The lowest BCUT2D eigenvalue weighted by molar-refractivity contribution is -0.0245. The molecule has 17 heavy (non-hydrogen) atoms. The van der Waals surface area contributed by atoms with Crippen molar-refractivity contribution in [3.63, 3.8) is 0 Å². The first kappa shape index (κ1) is 11.2. The van der Waals surface area contributed by atoms with Crippen LogP contribution < -0.4 is 5.48 Å². The summed E-state index contributed by atoms with van der Waals surface area (Å²) in [6.07, 6.45) is 8.26. The minimum Gasteiger partial charge on any atom is -0.298 e. The third-order valence-corrected chi connectivity index (χ3v) is 3.89. The molecule has 2 heteroatoms. The molecule has 92 valence electrons. The number of hydroxylamine groups is 1. The summed E-state index contributed by atoms with van der Waals surface area (Å²) in [4.78, 5) is 5.71. The van der Waals surface area contributed by atoms with E-state index >= 15 is 0 Å². The van der Waals surface area contributed by atoms with E-state index in [1.54, 1.807) is 0 Å². The summed E-state index contributed by atoms with van der Waals surface area (Å²) < 4.78 is 0. The summed E-state index contributed by atoms with van der Waals surface area (Å²) in [6.45, 7) is 0.850. The number of nitrogens with one attached hydrogen (secondary N) is 1. The zero-order chi connectivity index (χ0) is 11.5. The molecule has 0 aliphatic heterocycles. The molecule has 0 atom stereocenters.